The largest absolute Gasteiger partial charge is 0.387 e. The number of halogens is 1. The Hall–Kier alpha value is -2.25. The fourth-order valence-electron chi connectivity index (χ4n) is 4.44. The van der Waals surface area contributed by atoms with Gasteiger partial charge in [-0.15, -0.1) is 0 Å². The summed E-state index contributed by atoms with van der Waals surface area (Å²) in [6.07, 6.45) is -2.51. The van der Waals surface area contributed by atoms with Gasteiger partial charge < -0.3 is 23.2 Å². The Morgan fingerprint density at radius 2 is 2.15 bits per heavy atom. The van der Waals surface area contributed by atoms with Gasteiger partial charge in [-0.25, -0.2) is 23.9 Å². The van der Waals surface area contributed by atoms with Crippen LogP contribution in [0.4, 0.5) is 4.39 Å². The molecule has 0 saturated carbocycles. The molecule has 1 amide bonds. The topological polar surface area (TPSA) is 208 Å². The van der Waals surface area contributed by atoms with Crippen LogP contribution in [0, 0.1) is 5.41 Å². The molecule has 6 rings (SSSR count). The average Bonchev–Trinajstić information content (AvgIpc) is 3.55. The molecule has 0 radical (unpaired) electrons. The number of carbonyl (C=O) groups is 1. The maximum Gasteiger partial charge on any atom is 0.387 e. The third kappa shape index (κ3) is 5.36. The maximum absolute atomic E-state index is 15.8. The lowest BCUT2D eigenvalue weighted by Gasteiger charge is -2.30. The molecule has 4 aliphatic heterocycles. The van der Waals surface area contributed by atoms with E-state index in [1.54, 1.807) is 4.57 Å². The van der Waals surface area contributed by atoms with Crippen molar-refractivity contribution >= 4 is 72.8 Å². The first-order chi connectivity index (χ1) is 19.0. The SMILES string of the molecule is N=C1N=C2C(N=CN2[C@@H]2O[C@@H]3COP(O)(=S)OCCn4c(nc5cncnc54)COP(=O)(S)O[C@@H]2[C@H]3F)C(=O)N1. The fourth-order valence-corrected chi connectivity index (χ4v) is 6.94. The maximum atomic E-state index is 15.8. The van der Waals surface area contributed by atoms with Crippen LogP contribution in [0.5, 0.6) is 0 Å². The summed E-state index contributed by atoms with van der Waals surface area (Å²) in [4.78, 5) is 44.6. The minimum atomic E-state index is -4.30. The van der Waals surface area contributed by atoms with Crippen LogP contribution in [0.3, 0.4) is 0 Å². The summed E-state index contributed by atoms with van der Waals surface area (Å²) in [6, 6.07) is -1.11. The normalized spacial score (nSPS) is 36.9. The van der Waals surface area contributed by atoms with Gasteiger partial charge in [0, 0.05) is 6.54 Å². The number of hydrogen-bond donors (Lipinski definition) is 4. The molecule has 214 valence electrons. The number of aromatic nitrogens is 4. The van der Waals surface area contributed by atoms with Crippen LogP contribution in [0.15, 0.2) is 22.5 Å². The van der Waals surface area contributed by atoms with Crippen LogP contribution >= 0.6 is 25.8 Å². The van der Waals surface area contributed by atoms with Crippen molar-refractivity contribution in [2.24, 2.45) is 9.98 Å². The van der Waals surface area contributed by atoms with E-state index < -0.39 is 69.2 Å². The average molecular weight is 635 g/mol. The van der Waals surface area contributed by atoms with Crippen LogP contribution in [-0.2, 0) is 57.1 Å². The molecular weight excluding hydrogens is 615 g/mol. The lowest BCUT2D eigenvalue weighted by molar-refractivity contribution is -0.119. The van der Waals surface area contributed by atoms with Crippen molar-refractivity contribution in [1.82, 2.24) is 29.7 Å². The minimum absolute atomic E-state index is 0.0316. The molecule has 7 atom stereocenters. The molecule has 0 aromatic carbocycles. The zero-order valence-corrected chi connectivity index (χ0v) is 23.5. The molecule has 0 aliphatic carbocycles. The number of nitrogens with one attached hydrogen (secondary N) is 2. The second kappa shape index (κ2) is 10.5. The third-order valence-electron chi connectivity index (χ3n) is 6.18. The van der Waals surface area contributed by atoms with E-state index in [1.165, 1.54) is 23.8 Å². The summed E-state index contributed by atoms with van der Waals surface area (Å²) in [7, 11) is 0. The van der Waals surface area contributed by atoms with E-state index in [9.17, 15) is 14.3 Å². The van der Waals surface area contributed by atoms with Gasteiger partial charge in [0.1, 0.15) is 36.5 Å². The smallest absolute Gasteiger partial charge is 0.346 e. The highest BCUT2D eigenvalue weighted by atomic mass is 32.7. The number of thiol groups is 1. The first-order valence-corrected chi connectivity index (χ1v) is 16.8. The van der Waals surface area contributed by atoms with Gasteiger partial charge in [0.25, 0.3) is 5.91 Å². The molecule has 1 saturated heterocycles. The Balaban J connectivity index is 1.33. The quantitative estimate of drug-likeness (QED) is 0.245. The fraction of sp³-hybridized carbons (Fsp3) is 0.500. The number of alkyl halides is 1. The van der Waals surface area contributed by atoms with Crippen molar-refractivity contribution in [2.45, 2.75) is 43.8 Å². The molecule has 40 heavy (non-hydrogen) atoms. The Bertz CT molecular complexity index is 1540. The molecule has 2 aromatic heterocycles. The Morgan fingerprint density at radius 1 is 1.32 bits per heavy atom. The van der Waals surface area contributed by atoms with E-state index in [-0.39, 0.29) is 24.8 Å². The van der Waals surface area contributed by atoms with Gasteiger partial charge in [-0.3, -0.25) is 34.5 Å². The summed E-state index contributed by atoms with van der Waals surface area (Å²) in [5.41, 5.74) is 0.809. The third-order valence-corrected chi connectivity index (χ3v) is 9.39. The number of aliphatic imine (C=N–C) groups is 2. The van der Waals surface area contributed by atoms with Crippen molar-refractivity contribution in [1.29, 1.82) is 5.41 Å². The first-order valence-electron chi connectivity index (χ1n) is 11.5. The zero-order chi connectivity index (χ0) is 28.2. The molecule has 17 nitrogen and oxygen atoms in total. The molecule has 0 spiro atoms. The van der Waals surface area contributed by atoms with Crippen molar-refractivity contribution in [3.05, 3.63) is 18.3 Å². The monoisotopic (exact) mass is 635 g/mol. The van der Waals surface area contributed by atoms with Crippen molar-refractivity contribution in [3.63, 3.8) is 0 Å². The van der Waals surface area contributed by atoms with Gasteiger partial charge in [-0.2, -0.15) is 4.99 Å². The van der Waals surface area contributed by atoms with Gasteiger partial charge in [-0.05, 0) is 11.8 Å². The van der Waals surface area contributed by atoms with Crippen LogP contribution in [0.25, 0.3) is 11.2 Å². The molecule has 2 aromatic rings. The van der Waals surface area contributed by atoms with E-state index in [1.807, 2.05) is 0 Å². The second-order valence-electron chi connectivity index (χ2n) is 8.71. The lowest BCUT2D eigenvalue weighted by Crippen LogP contribution is -2.53. The van der Waals surface area contributed by atoms with Crippen LogP contribution in [0.2, 0.25) is 0 Å². The zero-order valence-electron chi connectivity index (χ0n) is 20.0. The first kappa shape index (κ1) is 27.9. The number of ether oxygens (including phenoxy) is 1. The van der Waals surface area contributed by atoms with Gasteiger partial charge >= 0.3 is 13.5 Å². The molecule has 1 fully saturated rings. The van der Waals surface area contributed by atoms with E-state index in [4.69, 9.17) is 40.0 Å². The number of amidine groups is 1. The van der Waals surface area contributed by atoms with Gasteiger partial charge in [0.05, 0.1) is 25.7 Å². The number of guanidine groups is 1. The number of carbonyl (C=O) groups excluding carboxylic acids is 1. The number of amides is 1. The molecule has 3 N–H and O–H groups in total. The summed E-state index contributed by atoms with van der Waals surface area (Å²) < 4.78 is 58.3. The van der Waals surface area contributed by atoms with Crippen LogP contribution in [0.1, 0.15) is 5.82 Å². The number of imidazole rings is 1. The highest BCUT2D eigenvalue weighted by Crippen LogP contribution is 2.57. The number of hydrogen-bond acceptors (Lipinski definition) is 14. The van der Waals surface area contributed by atoms with Crippen molar-refractivity contribution in [3.8, 4) is 0 Å². The second-order valence-corrected chi connectivity index (χ2v) is 14.4. The number of nitrogens with zero attached hydrogens (tertiary/aromatic N) is 7. The van der Waals surface area contributed by atoms with Gasteiger partial charge in [0.15, 0.2) is 29.9 Å². The summed E-state index contributed by atoms with van der Waals surface area (Å²) in [5.74, 6) is -0.870. The molecule has 6 heterocycles. The predicted octanol–water partition coefficient (Wildman–Crippen LogP) is 0.268. The lowest BCUT2D eigenvalue weighted by atomic mass is 10.1. The van der Waals surface area contributed by atoms with Crippen LogP contribution in [-0.4, -0.2) is 97.2 Å². The highest BCUT2D eigenvalue weighted by Gasteiger charge is 2.54. The summed E-state index contributed by atoms with van der Waals surface area (Å²) >= 11 is 9.12. The van der Waals surface area contributed by atoms with Gasteiger partial charge in [0.2, 0.25) is 5.96 Å². The van der Waals surface area contributed by atoms with E-state index >= 15 is 4.39 Å². The standard InChI is InChI=1S/C18H20FN9O8P2S2/c19-11-9-4-33-37(30,39)32-2-1-27-10(24-8-3-21-6-22-14(8)27)5-34-38(31,40)36-13(11)17(35-9)28-7-23-12-15(28)25-18(20)26-16(12)29/h3,6-7,9,11-13,17H,1-2,4-5H2,(H,30,39)(H,31,40)(H2,20,26,29)/t9-,11+,12?,13-,17-,37?,38?/m1/s1. The predicted molar refractivity (Wildman–Crippen MR) is 141 cm³/mol. The van der Waals surface area contributed by atoms with Crippen molar-refractivity contribution in [2.75, 3.05) is 13.2 Å². The Morgan fingerprint density at radius 3 is 2.98 bits per heavy atom. The highest BCUT2D eigenvalue weighted by molar-refractivity contribution is 8.44. The molecule has 4 aliphatic rings. The van der Waals surface area contributed by atoms with E-state index in [2.05, 4.69) is 42.5 Å². The number of fused-ring (bicyclic) bond motifs is 6. The number of rotatable bonds is 1. The van der Waals surface area contributed by atoms with Crippen molar-refractivity contribution < 1.29 is 41.5 Å². The minimum Gasteiger partial charge on any atom is -0.346 e. The van der Waals surface area contributed by atoms with Crippen LogP contribution < -0.4 is 5.32 Å². The molecule has 2 bridgehead atoms. The Labute approximate surface area is 234 Å². The van der Waals surface area contributed by atoms with E-state index in [0.29, 0.717) is 11.2 Å². The van der Waals surface area contributed by atoms with E-state index in [0.717, 1.165) is 0 Å². The summed E-state index contributed by atoms with van der Waals surface area (Å²) in [6.45, 7) is -9.16. The molecule has 3 unspecified atom stereocenters. The molecule has 22 heteroatoms. The Kier molecular flexibility index (Phi) is 7.35. The summed E-state index contributed by atoms with van der Waals surface area (Å²) in [5, 5.41) is 9.98. The van der Waals surface area contributed by atoms with Gasteiger partial charge in [-0.1, -0.05) is 12.2 Å². The molecular formula is C18H20FN9O8P2S2.